The molecule has 0 unspecified atom stereocenters. The van der Waals surface area contributed by atoms with E-state index in [1.807, 2.05) is 17.0 Å². The molecule has 3 N–H and O–H groups in total. The maximum atomic E-state index is 13.8. The molecule has 2 fully saturated rings. The van der Waals surface area contributed by atoms with E-state index in [2.05, 4.69) is 23.0 Å². The van der Waals surface area contributed by atoms with Crippen LogP contribution in [0.3, 0.4) is 0 Å². The SMILES string of the molecule is CC1CCN(C(=O)c2nc(CNCC(C)(C)O)sc2-c2ccc(S(=O)(=O)NC3(C#N)CC3)c3ccccc23)CC1. The zero-order chi connectivity index (χ0) is 28.7. The smallest absolute Gasteiger partial charge is 0.273 e. The number of amides is 1. The predicted molar refractivity (Wildman–Crippen MR) is 155 cm³/mol. The van der Waals surface area contributed by atoms with E-state index >= 15 is 0 Å². The number of likely N-dealkylation sites (tertiary alicyclic amines) is 1. The fraction of sp³-hybridized carbons (Fsp3) is 0.483. The molecular formula is C29H35N5O4S2. The Morgan fingerprint density at radius 3 is 2.50 bits per heavy atom. The highest BCUT2D eigenvalue weighted by Crippen LogP contribution is 2.40. The Hall–Kier alpha value is -2.88. The molecule has 2 aromatic carbocycles. The number of sulfonamides is 1. The van der Waals surface area contributed by atoms with Gasteiger partial charge in [-0.25, -0.2) is 13.4 Å². The van der Waals surface area contributed by atoms with Crippen molar-refractivity contribution in [3.63, 3.8) is 0 Å². The number of carbonyl (C=O) groups is 1. The Balaban J connectivity index is 1.57. The number of nitrogens with one attached hydrogen (secondary N) is 2. The number of hydrogen-bond donors (Lipinski definition) is 3. The molecule has 0 atom stereocenters. The summed E-state index contributed by atoms with van der Waals surface area (Å²) in [5, 5.41) is 24.7. The molecule has 40 heavy (non-hydrogen) atoms. The third-order valence-corrected chi connectivity index (χ3v) is 10.2. The standard InChI is InChI=1S/C29H35N5O4S2/c1-19-10-14-34(15-11-19)27(35)25-26(39-24(32-25)16-31-18-28(2,3)36)22-8-9-23(21-7-5-4-6-20(21)22)40(37,38)33-29(17-30)12-13-29/h4-9,19,31,33,36H,10-16,18H2,1-3H3. The van der Waals surface area contributed by atoms with Gasteiger partial charge < -0.3 is 15.3 Å². The number of nitrogens with zero attached hydrogens (tertiary/aromatic N) is 3. The van der Waals surface area contributed by atoms with Crippen LogP contribution in [-0.4, -0.2) is 60.1 Å². The Morgan fingerprint density at radius 1 is 1.20 bits per heavy atom. The molecule has 1 aliphatic heterocycles. The van der Waals surface area contributed by atoms with E-state index in [1.54, 1.807) is 38.1 Å². The molecule has 1 aliphatic carbocycles. The zero-order valence-electron chi connectivity index (χ0n) is 23.0. The van der Waals surface area contributed by atoms with Gasteiger partial charge in [-0.3, -0.25) is 4.79 Å². The van der Waals surface area contributed by atoms with Gasteiger partial charge in [-0.1, -0.05) is 37.3 Å². The van der Waals surface area contributed by atoms with Crippen LogP contribution >= 0.6 is 11.3 Å². The molecule has 0 bridgehead atoms. The van der Waals surface area contributed by atoms with E-state index in [0.29, 0.717) is 71.3 Å². The van der Waals surface area contributed by atoms with Crippen LogP contribution < -0.4 is 10.0 Å². The van der Waals surface area contributed by atoms with Gasteiger partial charge in [0.05, 0.1) is 21.4 Å². The molecule has 0 radical (unpaired) electrons. The number of aliphatic hydroxyl groups is 1. The molecule has 212 valence electrons. The molecule has 5 rings (SSSR count). The van der Waals surface area contributed by atoms with Gasteiger partial charge in [-0.15, -0.1) is 11.3 Å². The van der Waals surface area contributed by atoms with Gasteiger partial charge in [-0.2, -0.15) is 9.98 Å². The van der Waals surface area contributed by atoms with Gasteiger partial charge in [0.15, 0.2) is 0 Å². The molecule has 1 aromatic heterocycles. The molecule has 2 aliphatic rings. The van der Waals surface area contributed by atoms with Gasteiger partial charge in [0.1, 0.15) is 16.2 Å². The maximum Gasteiger partial charge on any atom is 0.273 e. The quantitative estimate of drug-likeness (QED) is 0.347. The lowest BCUT2D eigenvalue weighted by Crippen LogP contribution is -2.38. The third-order valence-electron chi connectivity index (χ3n) is 7.49. The van der Waals surface area contributed by atoms with Gasteiger partial charge in [0.25, 0.3) is 5.91 Å². The average molecular weight is 582 g/mol. The Labute approximate surface area is 239 Å². The second-order valence-corrected chi connectivity index (χ2v) is 14.4. The van der Waals surface area contributed by atoms with Crippen molar-refractivity contribution in [1.82, 2.24) is 19.9 Å². The number of hydrogen-bond acceptors (Lipinski definition) is 8. The summed E-state index contributed by atoms with van der Waals surface area (Å²) in [7, 11) is -3.96. The number of carbonyl (C=O) groups excluding carboxylic acids is 1. The zero-order valence-corrected chi connectivity index (χ0v) is 24.7. The van der Waals surface area contributed by atoms with Crippen LogP contribution in [0.4, 0.5) is 0 Å². The first-order chi connectivity index (χ1) is 18.9. The number of benzene rings is 2. The molecule has 0 spiro atoms. The number of aromatic nitrogens is 1. The Bertz CT molecular complexity index is 1570. The topological polar surface area (TPSA) is 135 Å². The van der Waals surface area contributed by atoms with Gasteiger partial charge >= 0.3 is 0 Å². The third kappa shape index (κ3) is 6.06. The highest BCUT2D eigenvalue weighted by atomic mass is 32.2. The predicted octanol–water partition coefficient (Wildman–Crippen LogP) is 4.03. The van der Waals surface area contributed by atoms with Gasteiger partial charge in [0.2, 0.25) is 10.0 Å². The fourth-order valence-electron chi connectivity index (χ4n) is 4.98. The first-order valence-corrected chi connectivity index (χ1v) is 15.9. The number of thiazole rings is 1. The van der Waals surface area contributed by atoms with E-state index in [-0.39, 0.29) is 10.8 Å². The van der Waals surface area contributed by atoms with Crippen LogP contribution in [-0.2, 0) is 16.6 Å². The lowest BCUT2D eigenvalue weighted by Gasteiger charge is -2.30. The van der Waals surface area contributed by atoms with Crippen molar-refractivity contribution >= 4 is 38.0 Å². The summed E-state index contributed by atoms with van der Waals surface area (Å²) in [6.45, 7) is 7.73. The van der Waals surface area contributed by atoms with Crippen molar-refractivity contribution in [2.24, 2.45) is 5.92 Å². The highest BCUT2D eigenvalue weighted by Gasteiger charge is 2.47. The first kappa shape index (κ1) is 28.6. The summed E-state index contributed by atoms with van der Waals surface area (Å²) in [5.41, 5.74) is -0.831. The Morgan fingerprint density at radius 2 is 1.88 bits per heavy atom. The number of rotatable bonds is 9. The molecule has 1 amide bonds. The summed E-state index contributed by atoms with van der Waals surface area (Å²) < 4.78 is 29.3. The van der Waals surface area contributed by atoms with E-state index in [1.165, 1.54) is 11.3 Å². The first-order valence-electron chi connectivity index (χ1n) is 13.6. The van der Waals surface area contributed by atoms with Crippen LogP contribution in [0.5, 0.6) is 0 Å². The normalized spacial score (nSPS) is 17.6. The molecule has 1 saturated carbocycles. The van der Waals surface area contributed by atoms with E-state index < -0.39 is 21.2 Å². The molecule has 3 aromatic rings. The molecular weight excluding hydrogens is 546 g/mol. The van der Waals surface area contributed by atoms with E-state index in [9.17, 15) is 23.6 Å². The maximum absolute atomic E-state index is 13.8. The minimum Gasteiger partial charge on any atom is -0.389 e. The second-order valence-electron chi connectivity index (χ2n) is 11.6. The van der Waals surface area contributed by atoms with Crippen LogP contribution in [0.2, 0.25) is 0 Å². The number of nitriles is 1. The summed E-state index contributed by atoms with van der Waals surface area (Å²) in [5.74, 6) is 0.447. The monoisotopic (exact) mass is 581 g/mol. The lowest BCUT2D eigenvalue weighted by molar-refractivity contribution is 0.0691. The minimum atomic E-state index is -3.96. The van der Waals surface area contributed by atoms with Crippen molar-refractivity contribution < 1.29 is 18.3 Å². The number of fused-ring (bicyclic) bond motifs is 1. The molecule has 2 heterocycles. The largest absolute Gasteiger partial charge is 0.389 e. The summed E-state index contributed by atoms with van der Waals surface area (Å²) in [6.07, 6.45) is 2.87. The van der Waals surface area contributed by atoms with E-state index in [4.69, 9.17) is 4.98 Å². The molecule has 1 saturated heterocycles. The van der Waals surface area contributed by atoms with Crippen LogP contribution in [0, 0.1) is 17.2 Å². The summed E-state index contributed by atoms with van der Waals surface area (Å²) >= 11 is 1.40. The molecule has 11 heteroatoms. The summed E-state index contributed by atoms with van der Waals surface area (Å²) in [4.78, 5) is 21.2. The highest BCUT2D eigenvalue weighted by molar-refractivity contribution is 7.89. The van der Waals surface area contributed by atoms with Crippen molar-refractivity contribution in [2.75, 3.05) is 19.6 Å². The second kappa shape index (κ2) is 10.8. The number of piperidine rings is 1. The van der Waals surface area contributed by atoms with Crippen LogP contribution in [0.25, 0.3) is 21.2 Å². The van der Waals surface area contributed by atoms with Crippen molar-refractivity contribution in [3.8, 4) is 16.5 Å². The van der Waals surface area contributed by atoms with Crippen molar-refractivity contribution in [3.05, 3.63) is 47.1 Å². The average Bonchev–Trinajstić information content (AvgIpc) is 3.55. The summed E-state index contributed by atoms with van der Waals surface area (Å²) in [6, 6.07) is 12.6. The minimum absolute atomic E-state index is 0.0999. The van der Waals surface area contributed by atoms with Gasteiger partial charge in [0, 0.05) is 37.1 Å². The fourth-order valence-corrected chi connectivity index (χ4v) is 7.64. The van der Waals surface area contributed by atoms with Crippen LogP contribution in [0.15, 0.2) is 41.3 Å². The molecule has 9 nitrogen and oxygen atoms in total. The van der Waals surface area contributed by atoms with Gasteiger partial charge in [-0.05, 0) is 56.9 Å². The van der Waals surface area contributed by atoms with Crippen LogP contribution in [0.1, 0.15) is 62.0 Å². The lowest BCUT2D eigenvalue weighted by atomic mass is 9.98. The van der Waals surface area contributed by atoms with E-state index in [0.717, 1.165) is 18.4 Å². The Kier molecular flexibility index (Phi) is 7.76. The van der Waals surface area contributed by atoms with Crippen molar-refractivity contribution in [2.45, 2.75) is 69.0 Å². The van der Waals surface area contributed by atoms with Crippen molar-refractivity contribution in [1.29, 1.82) is 5.26 Å².